The molecule has 0 saturated carbocycles. The number of hydrogen-bond acceptors (Lipinski definition) is 3. The zero-order valence-electron chi connectivity index (χ0n) is 11.0. The van der Waals surface area contributed by atoms with Crippen molar-refractivity contribution in [3.05, 3.63) is 55.1 Å². The minimum absolute atomic E-state index is 0.665. The standard InChI is InChI=1S/C15H17N3S/c1-4-10-18-15(19-11-5-2)16-14(17-18)13-8-6-12(3)7-9-13/h4-9H,1-2,10-11H2,3H3. The van der Waals surface area contributed by atoms with Gasteiger partial charge in [0.05, 0.1) is 6.54 Å². The lowest BCUT2D eigenvalue weighted by molar-refractivity contribution is 0.632. The van der Waals surface area contributed by atoms with E-state index in [0.29, 0.717) is 6.54 Å². The molecule has 0 aliphatic heterocycles. The van der Waals surface area contributed by atoms with Crippen LogP contribution in [0.1, 0.15) is 5.56 Å². The van der Waals surface area contributed by atoms with Crippen LogP contribution in [0.25, 0.3) is 11.4 Å². The van der Waals surface area contributed by atoms with Crippen molar-refractivity contribution in [1.82, 2.24) is 14.8 Å². The highest BCUT2D eigenvalue weighted by Crippen LogP contribution is 2.22. The third-order valence-corrected chi connectivity index (χ3v) is 3.54. The summed E-state index contributed by atoms with van der Waals surface area (Å²) in [5.74, 6) is 1.58. The summed E-state index contributed by atoms with van der Waals surface area (Å²) >= 11 is 1.63. The largest absolute Gasteiger partial charge is 0.236 e. The molecule has 0 bridgehead atoms. The molecule has 0 atom stereocenters. The van der Waals surface area contributed by atoms with E-state index in [0.717, 1.165) is 22.3 Å². The van der Waals surface area contributed by atoms with Gasteiger partial charge in [0.15, 0.2) is 11.0 Å². The van der Waals surface area contributed by atoms with Crippen LogP contribution in [0.4, 0.5) is 0 Å². The fourth-order valence-corrected chi connectivity index (χ4v) is 2.32. The van der Waals surface area contributed by atoms with Gasteiger partial charge in [-0.15, -0.1) is 18.3 Å². The van der Waals surface area contributed by atoms with E-state index in [2.05, 4.69) is 42.3 Å². The lowest BCUT2D eigenvalue weighted by atomic mass is 10.1. The zero-order chi connectivity index (χ0) is 13.7. The fraction of sp³-hybridized carbons (Fsp3) is 0.200. The summed E-state index contributed by atoms with van der Waals surface area (Å²) in [6, 6.07) is 8.23. The Morgan fingerprint density at radius 2 is 1.95 bits per heavy atom. The number of aryl methyl sites for hydroxylation is 1. The van der Waals surface area contributed by atoms with Crippen molar-refractivity contribution < 1.29 is 0 Å². The molecule has 0 spiro atoms. The lowest BCUT2D eigenvalue weighted by Crippen LogP contribution is -1.99. The van der Waals surface area contributed by atoms with Crippen LogP contribution in [0.5, 0.6) is 0 Å². The highest BCUT2D eigenvalue weighted by Gasteiger charge is 2.10. The summed E-state index contributed by atoms with van der Waals surface area (Å²) < 4.78 is 1.87. The number of hydrogen-bond donors (Lipinski definition) is 0. The van der Waals surface area contributed by atoms with E-state index in [-0.39, 0.29) is 0 Å². The molecule has 2 rings (SSSR count). The Morgan fingerprint density at radius 3 is 2.58 bits per heavy atom. The van der Waals surface area contributed by atoms with Crippen molar-refractivity contribution in [1.29, 1.82) is 0 Å². The van der Waals surface area contributed by atoms with Gasteiger partial charge in [0.2, 0.25) is 0 Å². The predicted octanol–water partition coefficient (Wildman–Crippen LogP) is 3.72. The average Bonchev–Trinajstić information content (AvgIpc) is 2.81. The molecule has 1 aromatic carbocycles. The minimum atomic E-state index is 0.665. The van der Waals surface area contributed by atoms with Crippen LogP contribution in [0, 0.1) is 6.92 Å². The van der Waals surface area contributed by atoms with E-state index >= 15 is 0 Å². The first-order valence-corrected chi connectivity index (χ1v) is 7.09. The highest BCUT2D eigenvalue weighted by atomic mass is 32.2. The van der Waals surface area contributed by atoms with Crippen molar-refractivity contribution >= 4 is 11.8 Å². The van der Waals surface area contributed by atoms with Gasteiger partial charge >= 0.3 is 0 Å². The minimum Gasteiger partial charge on any atom is -0.236 e. The van der Waals surface area contributed by atoms with Crippen LogP contribution in [0.2, 0.25) is 0 Å². The van der Waals surface area contributed by atoms with Crippen molar-refractivity contribution in [2.45, 2.75) is 18.6 Å². The summed E-state index contributed by atoms with van der Waals surface area (Å²) in [4.78, 5) is 4.59. The molecule has 1 aromatic heterocycles. The maximum absolute atomic E-state index is 4.59. The molecule has 0 unspecified atom stereocenters. The molecule has 0 amide bonds. The molecule has 1 heterocycles. The summed E-state index contributed by atoms with van der Waals surface area (Å²) in [5, 5.41) is 5.43. The van der Waals surface area contributed by atoms with Crippen LogP contribution < -0.4 is 0 Å². The zero-order valence-corrected chi connectivity index (χ0v) is 11.9. The second kappa shape index (κ2) is 6.38. The molecule has 0 aliphatic carbocycles. The van der Waals surface area contributed by atoms with Crippen LogP contribution in [0.15, 0.2) is 54.7 Å². The van der Waals surface area contributed by atoms with Gasteiger partial charge in [0.25, 0.3) is 0 Å². The second-order valence-corrected chi connectivity index (χ2v) is 5.14. The first kappa shape index (κ1) is 13.6. The maximum atomic E-state index is 4.59. The fourth-order valence-electron chi connectivity index (χ4n) is 1.63. The Balaban J connectivity index is 2.32. The Kier molecular flexibility index (Phi) is 4.58. The van der Waals surface area contributed by atoms with Crippen molar-refractivity contribution in [3.63, 3.8) is 0 Å². The summed E-state index contributed by atoms with van der Waals surface area (Å²) in [6.07, 6.45) is 3.69. The SMILES string of the molecule is C=CCSc1nc(-c2ccc(C)cc2)nn1CC=C. The van der Waals surface area contributed by atoms with Gasteiger partial charge < -0.3 is 0 Å². The Bertz CT molecular complexity index is 570. The van der Waals surface area contributed by atoms with E-state index in [1.807, 2.05) is 29.0 Å². The number of aromatic nitrogens is 3. The molecule has 98 valence electrons. The summed E-state index contributed by atoms with van der Waals surface area (Å²) in [6.45, 7) is 10.2. The molecular formula is C15H17N3S. The Hall–Kier alpha value is -1.81. The first-order valence-electron chi connectivity index (χ1n) is 6.11. The van der Waals surface area contributed by atoms with Crippen molar-refractivity contribution in [2.75, 3.05) is 5.75 Å². The third-order valence-electron chi connectivity index (χ3n) is 2.58. The number of benzene rings is 1. The van der Waals surface area contributed by atoms with Crippen LogP contribution in [0.3, 0.4) is 0 Å². The van der Waals surface area contributed by atoms with Crippen molar-refractivity contribution in [2.24, 2.45) is 0 Å². The van der Waals surface area contributed by atoms with Gasteiger partial charge in [-0.1, -0.05) is 53.7 Å². The molecule has 4 heteroatoms. The molecule has 2 aromatic rings. The number of thioether (sulfide) groups is 1. The molecule has 0 saturated heterocycles. The second-order valence-electron chi connectivity index (χ2n) is 4.15. The Labute approximate surface area is 118 Å². The van der Waals surface area contributed by atoms with Crippen molar-refractivity contribution in [3.8, 4) is 11.4 Å². The number of allylic oxidation sites excluding steroid dienone is 1. The van der Waals surface area contributed by atoms with Gasteiger partial charge in [-0.2, -0.15) is 0 Å². The average molecular weight is 271 g/mol. The topological polar surface area (TPSA) is 30.7 Å². The number of rotatable bonds is 6. The smallest absolute Gasteiger partial charge is 0.187 e. The van der Waals surface area contributed by atoms with Crippen LogP contribution in [-0.2, 0) is 6.54 Å². The molecule has 0 aliphatic rings. The van der Waals surface area contributed by atoms with Gasteiger partial charge in [-0.25, -0.2) is 9.67 Å². The van der Waals surface area contributed by atoms with Gasteiger partial charge in [0, 0.05) is 11.3 Å². The van der Waals surface area contributed by atoms with Crippen LogP contribution >= 0.6 is 11.8 Å². The normalized spacial score (nSPS) is 10.4. The van der Waals surface area contributed by atoms with E-state index in [1.165, 1.54) is 5.56 Å². The monoisotopic (exact) mass is 271 g/mol. The van der Waals surface area contributed by atoms with E-state index in [4.69, 9.17) is 0 Å². The summed E-state index contributed by atoms with van der Waals surface area (Å²) in [7, 11) is 0. The van der Waals surface area contributed by atoms with Gasteiger partial charge in [0.1, 0.15) is 0 Å². The van der Waals surface area contributed by atoms with Gasteiger partial charge in [-0.05, 0) is 6.92 Å². The van der Waals surface area contributed by atoms with E-state index in [1.54, 1.807) is 11.8 Å². The Morgan fingerprint density at radius 1 is 1.21 bits per heavy atom. The molecule has 3 nitrogen and oxygen atoms in total. The summed E-state index contributed by atoms with van der Waals surface area (Å²) in [5.41, 5.74) is 2.27. The van der Waals surface area contributed by atoms with E-state index < -0.39 is 0 Å². The quantitative estimate of drug-likeness (QED) is 0.592. The molecular weight excluding hydrogens is 254 g/mol. The van der Waals surface area contributed by atoms with Crippen LogP contribution in [-0.4, -0.2) is 20.5 Å². The molecule has 19 heavy (non-hydrogen) atoms. The number of nitrogens with zero attached hydrogens (tertiary/aromatic N) is 3. The predicted molar refractivity (Wildman–Crippen MR) is 81.3 cm³/mol. The lowest BCUT2D eigenvalue weighted by Gasteiger charge is -1.99. The highest BCUT2D eigenvalue weighted by molar-refractivity contribution is 7.99. The molecule has 0 N–H and O–H groups in total. The van der Waals surface area contributed by atoms with Gasteiger partial charge in [-0.3, -0.25) is 0 Å². The molecule has 0 fully saturated rings. The van der Waals surface area contributed by atoms with E-state index in [9.17, 15) is 0 Å². The third kappa shape index (κ3) is 3.35. The first-order chi connectivity index (χ1) is 9.24. The molecule has 0 radical (unpaired) electrons. The maximum Gasteiger partial charge on any atom is 0.187 e.